The van der Waals surface area contributed by atoms with E-state index in [-0.39, 0.29) is 5.91 Å². The summed E-state index contributed by atoms with van der Waals surface area (Å²) < 4.78 is 5.12. The molecule has 0 aliphatic carbocycles. The number of carbonyl (C=O) groups excluding carboxylic acids is 1. The van der Waals surface area contributed by atoms with Crippen molar-refractivity contribution < 1.29 is 9.53 Å². The molecule has 2 aromatic heterocycles. The highest BCUT2D eigenvalue weighted by atomic mass is 32.1. The van der Waals surface area contributed by atoms with Crippen LogP contribution in [0.1, 0.15) is 20.9 Å². The summed E-state index contributed by atoms with van der Waals surface area (Å²) in [6, 6.07) is 11.1. The fourth-order valence-electron chi connectivity index (χ4n) is 2.07. The van der Waals surface area contributed by atoms with Crippen molar-refractivity contribution >= 4 is 23.5 Å². The first kappa shape index (κ1) is 15.9. The summed E-state index contributed by atoms with van der Waals surface area (Å²) in [6.07, 6.45) is 1.64. The number of carbonyl (C=O) groups is 1. The number of aryl methyl sites for hydroxylation is 1. The monoisotopic (exact) mass is 340 g/mol. The minimum absolute atomic E-state index is 0.340. The molecule has 0 spiro atoms. The summed E-state index contributed by atoms with van der Waals surface area (Å²) in [5, 5.41) is 12.8. The normalized spacial score (nSPS) is 10.9. The van der Waals surface area contributed by atoms with Gasteiger partial charge in [-0.05, 0) is 54.3 Å². The number of hydrazone groups is 1. The molecular weight excluding hydrogens is 324 g/mol. The molecule has 1 aromatic carbocycles. The van der Waals surface area contributed by atoms with Crippen LogP contribution in [0.2, 0.25) is 0 Å². The van der Waals surface area contributed by atoms with Crippen LogP contribution in [0.4, 0.5) is 0 Å². The molecule has 2 heterocycles. The van der Waals surface area contributed by atoms with Gasteiger partial charge < -0.3 is 4.74 Å². The van der Waals surface area contributed by atoms with Crippen molar-refractivity contribution in [2.45, 2.75) is 6.92 Å². The third-order valence-corrected chi connectivity index (χ3v) is 4.41. The van der Waals surface area contributed by atoms with Gasteiger partial charge in [0.1, 0.15) is 11.4 Å². The summed E-state index contributed by atoms with van der Waals surface area (Å²) in [5.74, 6) is 0.429. The first-order valence-corrected chi connectivity index (χ1v) is 8.12. The van der Waals surface area contributed by atoms with Gasteiger partial charge in [-0.1, -0.05) is 0 Å². The molecule has 24 heavy (non-hydrogen) atoms. The molecule has 0 saturated carbocycles. The zero-order valence-electron chi connectivity index (χ0n) is 13.2. The standard InChI is InChI=1S/C17H16N4O2S/c1-11-7-8-24-16(11)10-18-21-17(22)15-9-14(19-20-15)12-3-5-13(23-2)6-4-12/h3-10H,1-2H3,(H,19,20)(H,21,22). The zero-order valence-corrected chi connectivity index (χ0v) is 14.1. The van der Waals surface area contributed by atoms with Gasteiger partial charge in [0.2, 0.25) is 0 Å². The topological polar surface area (TPSA) is 79.4 Å². The maximum absolute atomic E-state index is 12.1. The van der Waals surface area contributed by atoms with E-state index < -0.39 is 0 Å². The highest BCUT2D eigenvalue weighted by molar-refractivity contribution is 7.11. The van der Waals surface area contributed by atoms with Gasteiger partial charge in [-0.3, -0.25) is 9.89 Å². The molecular formula is C17H16N4O2S. The van der Waals surface area contributed by atoms with Gasteiger partial charge in [0.25, 0.3) is 5.91 Å². The third-order valence-electron chi connectivity index (χ3n) is 3.46. The first-order valence-electron chi connectivity index (χ1n) is 7.24. The molecule has 0 aliphatic heterocycles. The number of nitrogens with one attached hydrogen (secondary N) is 2. The van der Waals surface area contributed by atoms with E-state index in [1.807, 2.05) is 42.6 Å². The lowest BCUT2D eigenvalue weighted by molar-refractivity contribution is 0.0950. The number of aromatic amines is 1. The molecule has 0 aliphatic rings. The highest BCUT2D eigenvalue weighted by Crippen LogP contribution is 2.21. The van der Waals surface area contributed by atoms with E-state index in [2.05, 4.69) is 20.7 Å². The molecule has 122 valence electrons. The summed E-state index contributed by atoms with van der Waals surface area (Å²) in [7, 11) is 1.62. The van der Waals surface area contributed by atoms with E-state index in [1.54, 1.807) is 30.7 Å². The minimum Gasteiger partial charge on any atom is -0.497 e. The summed E-state index contributed by atoms with van der Waals surface area (Å²) in [6.45, 7) is 2.00. The largest absolute Gasteiger partial charge is 0.497 e. The summed E-state index contributed by atoms with van der Waals surface area (Å²) in [4.78, 5) is 13.1. The van der Waals surface area contributed by atoms with Gasteiger partial charge in [0.05, 0.1) is 19.0 Å². The van der Waals surface area contributed by atoms with Gasteiger partial charge in [0.15, 0.2) is 0 Å². The fraction of sp³-hybridized carbons (Fsp3) is 0.118. The Hall–Kier alpha value is -2.93. The number of rotatable bonds is 5. The number of H-pyrrole nitrogens is 1. The molecule has 0 saturated heterocycles. The highest BCUT2D eigenvalue weighted by Gasteiger charge is 2.10. The summed E-state index contributed by atoms with van der Waals surface area (Å²) in [5.41, 5.74) is 5.54. The Bertz CT molecular complexity index is 865. The molecule has 0 radical (unpaired) electrons. The number of hydrogen-bond donors (Lipinski definition) is 2. The number of aromatic nitrogens is 2. The number of benzene rings is 1. The lowest BCUT2D eigenvalue weighted by Gasteiger charge is -2.00. The second kappa shape index (κ2) is 7.10. The fourth-order valence-corrected chi connectivity index (χ4v) is 2.86. The average molecular weight is 340 g/mol. The molecule has 7 heteroatoms. The number of methoxy groups -OCH3 is 1. The van der Waals surface area contributed by atoms with E-state index in [0.29, 0.717) is 11.4 Å². The van der Waals surface area contributed by atoms with Crippen LogP contribution in [0.25, 0.3) is 11.3 Å². The Balaban J connectivity index is 1.67. The SMILES string of the molecule is COc1ccc(-c2cc(C(=O)NN=Cc3sccc3C)[nH]n2)cc1. The Morgan fingerprint density at radius 3 is 2.79 bits per heavy atom. The number of ether oxygens (including phenoxy) is 1. The molecule has 0 unspecified atom stereocenters. The van der Waals surface area contributed by atoms with E-state index in [4.69, 9.17) is 4.74 Å². The Kier molecular flexibility index (Phi) is 4.72. The molecule has 6 nitrogen and oxygen atoms in total. The second-order valence-electron chi connectivity index (χ2n) is 5.06. The molecule has 1 amide bonds. The molecule has 0 fully saturated rings. The first-order chi connectivity index (χ1) is 11.7. The van der Waals surface area contributed by atoms with Crippen molar-refractivity contribution in [1.29, 1.82) is 0 Å². The van der Waals surface area contributed by atoms with Crippen molar-refractivity contribution in [3.05, 3.63) is 57.9 Å². The molecule has 3 rings (SSSR count). The second-order valence-corrected chi connectivity index (χ2v) is 6.01. The smallest absolute Gasteiger partial charge is 0.289 e. The van der Waals surface area contributed by atoms with Crippen molar-refractivity contribution in [3.8, 4) is 17.0 Å². The Morgan fingerprint density at radius 2 is 2.12 bits per heavy atom. The Labute approximate surface area is 143 Å². The lowest BCUT2D eigenvalue weighted by atomic mass is 10.1. The van der Waals surface area contributed by atoms with Gasteiger partial charge >= 0.3 is 0 Å². The van der Waals surface area contributed by atoms with Crippen molar-refractivity contribution in [3.63, 3.8) is 0 Å². The van der Waals surface area contributed by atoms with Crippen LogP contribution in [-0.2, 0) is 0 Å². The maximum atomic E-state index is 12.1. The predicted molar refractivity (Wildman–Crippen MR) is 94.7 cm³/mol. The van der Waals surface area contributed by atoms with Crippen LogP contribution in [0.15, 0.2) is 46.9 Å². The van der Waals surface area contributed by atoms with Crippen LogP contribution in [-0.4, -0.2) is 29.4 Å². The van der Waals surface area contributed by atoms with Gasteiger partial charge in [-0.2, -0.15) is 10.2 Å². The van der Waals surface area contributed by atoms with Crippen molar-refractivity contribution in [2.75, 3.05) is 7.11 Å². The predicted octanol–water partition coefficient (Wildman–Crippen LogP) is 3.22. The maximum Gasteiger partial charge on any atom is 0.289 e. The van der Waals surface area contributed by atoms with Crippen molar-refractivity contribution in [1.82, 2.24) is 15.6 Å². The van der Waals surface area contributed by atoms with Crippen LogP contribution < -0.4 is 10.2 Å². The number of nitrogens with zero attached hydrogens (tertiary/aromatic N) is 2. The number of amides is 1. The van der Waals surface area contributed by atoms with Crippen LogP contribution in [0.5, 0.6) is 5.75 Å². The van der Waals surface area contributed by atoms with Crippen molar-refractivity contribution in [2.24, 2.45) is 5.10 Å². The van der Waals surface area contributed by atoms with Crippen LogP contribution in [0, 0.1) is 6.92 Å². The summed E-state index contributed by atoms with van der Waals surface area (Å²) >= 11 is 1.57. The van der Waals surface area contributed by atoms with Crippen LogP contribution >= 0.6 is 11.3 Å². The molecule has 0 atom stereocenters. The lowest BCUT2D eigenvalue weighted by Crippen LogP contribution is -2.17. The quantitative estimate of drug-likeness (QED) is 0.553. The van der Waals surface area contributed by atoms with Gasteiger partial charge in [-0.15, -0.1) is 11.3 Å². The van der Waals surface area contributed by atoms with E-state index in [1.165, 1.54) is 0 Å². The molecule has 0 bridgehead atoms. The third kappa shape index (κ3) is 3.52. The zero-order chi connectivity index (χ0) is 16.9. The molecule has 2 N–H and O–H groups in total. The number of thiophene rings is 1. The van der Waals surface area contributed by atoms with Crippen LogP contribution in [0.3, 0.4) is 0 Å². The Morgan fingerprint density at radius 1 is 1.33 bits per heavy atom. The number of hydrogen-bond acceptors (Lipinski definition) is 5. The van der Waals surface area contributed by atoms with E-state index in [9.17, 15) is 4.79 Å². The average Bonchev–Trinajstić information content (AvgIpc) is 3.25. The van der Waals surface area contributed by atoms with E-state index in [0.717, 1.165) is 21.8 Å². The van der Waals surface area contributed by atoms with E-state index >= 15 is 0 Å². The van der Waals surface area contributed by atoms with Gasteiger partial charge in [0, 0.05) is 10.4 Å². The van der Waals surface area contributed by atoms with Gasteiger partial charge in [-0.25, -0.2) is 5.43 Å². The molecule has 3 aromatic rings. The minimum atomic E-state index is -0.340.